The van der Waals surface area contributed by atoms with Crippen molar-refractivity contribution in [2.45, 2.75) is 166 Å². The Morgan fingerprint density at radius 1 is 0.496 bits per heavy atom. The number of hydrogen-bond acceptors (Lipinski definition) is 21. The molecule has 4 N–H and O–H groups in total. The van der Waals surface area contributed by atoms with Crippen LogP contribution in [0.3, 0.4) is 0 Å². The molecule has 0 aliphatic carbocycles. The molecule has 6 aromatic carbocycles. The summed E-state index contributed by atoms with van der Waals surface area (Å²) < 4.78 is 125. The van der Waals surface area contributed by atoms with Crippen molar-refractivity contribution in [3.8, 4) is 11.5 Å². The van der Waals surface area contributed by atoms with Gasteiger partial charge in [0.25, 0.3) is 10.1 Å². The highest BCUT2D eigenvalue weighted by Crippen LogP contribution is 2.50. The van der Waals surface area contributed by atoms with Crippen LogP contribution in [-0.2, 0) is 99.0 Å². The predicted octanol–water partition coefficient (Wildman–Crippen LogP) is 23.1. The lowest BCUT2D eigenvalue weighted by Crippen LogP contribution is -2.28. The number of nitrogens with two attached hydrogens (primary N) is 1. The number of nitrogens with one attached hydrogen (secondary N) is 1. The van der Waals surface area contributed by atoms with E-state index in [-0.39, 0.29) is 69.6 Å². The van der Waals surface area contributed by atoms with Crippen molar-refractivity contribution in [1.29, 1.82) is 0 Å². The molecule has 0 bridgehead atoms. The molecule has 1 amide bonds. The number of carbonyl (C=O) groups excluding carboxylic acids is 1. The monoisotopic (exact) mass is 1890 g/mol. The van der Waals surface area contributed by atoms with Crippen LogP contribution in [-0.4, -0.2) is 147 Å². The minimum Gasteiger partial charge on any atom is -0.448 e. The standard InChI is InChI=1S/C26H32Cl2N3O4P.C21H31Cl2N2O4P.C16H20Cl2N2O.C12H19O6PS.C9H14NO2P.CH4/c1-18(2)25-24(16-20-14-21(27)17-22(28)15-20)19(3)31(30-25)11-12-34-26(32)29-10-13-36(4,33)35-23-8-6-5-7-9-23;1-6-28-30(26,29-7-2)14-27-9-8-25-16(5)20(21(24-25)15(3)4)12-17-10-18(22)13-19(23)11-17;1-10(2)16-15(11(3)20(19-16)4-5-21)8-12-6-13(17)9-14(18)7-12;1-4-16-19(13,17-5-2)10-18-20(14,15)12-8-6-11(3)7-9-12;1-13(11,8-7-10)12-9-5-3-2-4-6-9;/h5-9,14-15,17-18H,10-13,16H2,1-4H3,(H,29,32);10-11,13,15H,6-9,12,14H2,1-5H3;6-7,9-10,21H,4-5,8H2,1-3H3;6-9H,4-5,10H2,1-3H3;2-6H,7-8,10H2,1H3;1H4. The summed E-state index contributed by atoms with van der Waals surface area (Å²) >= 11 is 36.8. The van der Waals surface area contributed by atoms with Gasteiger partial charge in [0.05, 0.1) is 87.4 Å². The van der Waals surface area contributed by atoms with Crippen LogP contribution in [0.25, 0.3) is 0 Å². The van der Waals surface area contributed by atoms with Crippen molar-refractivity contribution in [3.05, 3.63) is 243 Å². The van der Waals surface area contributed by atoms with Gasteiger partial charge in [-0.1, -0.05) is 173 Å². The second kappa shape index (κ2) is 52.9. The van der Waals surface area contributed by atoms with Crippen LogP contribution in [0, 0.1) is 27.7 Å². The molecule has 2 unspecified atom stereocenters. The molecule has 0 radical (unpaired) electrons. The lowest BCUT2D eigenvalue weighted by atomic mass is 9.98. The predicted molar refractivity (Wildman–Crippen MR) is 491 cm³/mol. The van der Waals surface area contributed by atoms with Crippen LogP contribution in [0.4, 0.5) is 4.79 Å². The Balaban J connectivity index is 0.000000329. The first-order chi connectivity index (χ1) is 56.6. The highest BCUT2D eigenvalue weighted by molar-refractivity contribution is 7.87. The largest absolute Gasteiger partial charge is 0.448 e. The third-order valence-corrected chi connectivity index (χ3v) is 27.2. The topological polar surface area (TPSA) is 314 Å². The minimum atomic E-state index is -3.98. The first kappa shape index (κ1) is 107. The molecule has 9 aromatic rings. The van der Waals surface area contributed by atoms with Crippen molar-refractivity contribution >= 4 is 116 Å². The molecule has 25 nitrogen and oxygen atoms in total. The highest BCUT2D eigenvalue weighted by atomic mass is 35.5. The molecule has 9 rings (SSSR count). The van der Waals surface area contributed by atoms with E-state index in [9.17, 15) is 31.5 Å². The molecule has 3 aromatic heterocycles. The number of ether oxygens (including phenoxy) is 2. The Kier molecular flexibility index (Phi) is 47.0. The van der Waals surface area contributed by atoms with Gasteiger partial charge >= 0.3 is 21.3 Å². The van der Waals surface area contributed by atoms with Gasteiger partial charge in [-0.05, 0) is 181 Å². The summed E-state index contributed by atoms with van der Waals surface area (Å²) in [5.74, 6) is 2.00. The minimum absolute atomic E-state index is 0. The van der Waals surface area contributed by atoms with Gasteiger partial charge in [0.2, 0.25) is 14.7 Å². The molecule has 0 spiro atoms. The molecule has 121 heavy (non-hydrogen) atoms. The van der Waals surface area contributed by atoms with E-state index in [0.717, 1.165) is 74.0 Å². The van der Waals surface area contributed by atoms with Crippen LogP contribution >= 0.6 is 99.5 Å². The fourth-order valence-corrected chi connectivity index (χ4v) is 20.1. The molecule has 36 heteroatoms. The maximum Gasteiger partial charge on any atom is 0.407 e. The number of rotatable bonds is 40. The zero-order chi connectivity index (χ0) is 89.1. The molecule has 0 aliphatic rings. The highest BCUT2D eigenvalue weighted by Gasteiger charge is 2.30. The van der Waals surface area contributed by atoms with Crippen molar-refractivity contribution in [2.75, 3.05) is 97.7 Å². The number of halogens is 6. The van der Waals surface area contributed by atoms with Crippen molar-refractivity contribution in [2.24, 2.45) is 5.73 Å². The average Bonchev–Trinajstić information content (AvgIpc) is 1.67. The van der Waals surface area contributed by atoms with E-state index in [4.69, 9.17) is 131 Å². The Labute approximate surface area is 746 Å². The summed E-state index contributed by atoms with van der Waals surface area (Å²) in [6, 6.07) is 41.0. The summed E-state index contributed by atoms with van der Waals surface area (Å²) in [4.78, 5) is 12.1. The molecule has 0 aliphatic heterocycles. The van der Waals surface area contributed by atoms with E-state index >= 15 is 0 Å². The van der Waals surface area contributed by atoms with Crippen molar-refractivity contribution < 1.29 is 77.4 Å². The van der Waals surface area contributed by atoms with E-state index in [1.54, 1.807) is 95.6 Å². The van der Waals surface area contributed by atoms with Gasteiger partial charge in [-0.15, -0.1) is 0 Å². The number of aliphatic hydroxyl groups is 1. The molecule has 2 atom stereocenters. The van der Waals surface area contributed by atoms with Gasteiger partial charge in [-0.2, -0.15) is 23.7 Å². The Morgan fingerprint density at radius 2 is 0.835 bits per heavy atom. The average molecular weight is 1890 g/mol. The van der Waals surface area contributed by atoms with Gasteiger partial charge < -0.3 is 52.8 Å². The Morgan fingerprint density at radius 3 is 1.17 bits per heavy atom. The molecule has 3 heterocycles. The number of aromatic nitrogens is 6. The molecule has 0 saturated heterocycles. The van der Waals surface area contributed by atoms with Gasteiger partial charge in [0.1, 0.15) is 24.5 Å². The van der Waals surface area contributed by atoms with Gasteiger partial charge in [-0.25, -0.2) is 4.79 Å². The molecule has 670 valence electrons. The SMILES string of the molecule is C.CCOP(=O)(COCCn1nc(C(C)C)c(Cc2cc(Cl)cc(Cl)c2)c1C)OCC.CCOP(=O)(COS(=O)(=O)c1ccc(C)cc1)OCC.CP(=O)(CCN)Oc1ccccc1.Cc1c(Cc2cc(Cl)cc(Cl)c2)c(C(C)C)nn1CCO.Cc1c(Cc2cc(Cl)cc(Cl)c2)c(C(C)C)nn1CCOC(=O)NCCP(C)(=O)Oc1ccccc1. The number of carbonyl (C=O) groups is 1. The number of nitrogens with zero attached hydrogens (tertiary/aromatic N) is 6. The number of benzene rings is 6. The second-order valence-electron chi connectivity index (χ2n) is 28.6. The first-order valence-corrected chi connectivity index (χ1v) is 50.9. The summed E-state index contributed by atoms with van der Waals surface area (Å²) in [7, 11) is -16.2. The summed E-state index contributed by atoms with van der Waals surface area (Å²) in [6.45, 7) is 34.2. The number of aliphatic hydroxyl groups excluding tert-OH is 1. The third kappa shape index (κ3) is 37.7. The number of hydrogen-bond donors (Lipinski definition) is 3. The van der Waals surface area contributed by atoms with Crippen LogP contribution < -0.4 is 20.1 Å². The van der Waals surface area contributed by atoms with E-state index in [1.807, 2.05) is 115 Å². The maximum atomic E-state index is 12.6. The smallest absolute Gasteiger partial charge is 0.407 e. The summed E-state index contributed by atoms with van der Waals surface area (Å²) in [5.41, 5.74) is 19.1. The van der Waals surface area contributed by atoms with Crippen molar-refractivity contribution in [1.82, 2.24) is 34.7 Å². The maximum absolute atomic E-state index is 12.6. The van der Waals surface area contributed by atoms with E-state index < -0.39 is 52.5 Å². The lowest BCUT2D eigenvalue weighted by molar-refractivity contribution is 0.124. The van der Waals surface area contributed by atoms with Crippen LogP contribution in [0.1, 0.15) is 168 Å². The Bertz CT molecular complexity index is 4930. The first-order valence-electron chi connectivity index (χ1n) is 39.3. The summed E-state index contributed by atoms with van der Waals surface area (Å²) in [6.07, 6.45) is 1.44. The number of alkyl carbamates (subject to hydrolysis) is 1. The second-order valence-corrected chi connectivity index (χ2v) is 42.2. The fourth-order valence-electron chi connectivity index (χ4n) is 12.0. The quantitative estimate of drug-likeness (QED) is 0.0182. The molecular weight excluding hydrogens is 1770 g/mol. The molecular formula is C85H120Cl6N8O17P4S. The number of para-hydroxylation sites is 2. The molecule has 0 fully saturated rings. The third-order valence-electron chi connectivity index (χ3n) is 17.6. The summed E-state index contributed by atoms with van der Waals surface area (Å²) in [5, 5.41) is 29.7. The van der Waals surface area contributed by atoms with E-state index in [2.05, 4.69) is 52.0 Å². The molecule has 0 saturated carbocycles. The normalized spacial score (nSPS) is 12.5. The van der Waals surface area contributed by atoms with Gasteiger partial charge in [-0.3, -0.25) is 36.5 Å². The zero-order valence-electron chi connectivity index (χ0n) is 71.2. The van der Waals surface area contributed by atoms with E-state index in [0.29, 0.717) is 113 Å². The van der Waals surface area contributed by atoms with Crippen molar-refractivity contribution in [3.63, 3.8) is 0 Å². The Hall–Kier alpha value is -5.89. The van der Waals surface area contributed by atoms with Gasteiger partial charge in [0.15, 0.2) is 6.35 Å². The zero-order valence-corrected chi connectivity index (χ0v) is 80.1. The number of amides is 1. The lowest BCUT2D eigenvalue weighted by Gasteiger charge is -2.17. The van der Waals surface area contributed by atoms with Crippen LogP contribution in [0.2, 0.25) is 30.1 Å². The van der Waals surface area contributed by atoms with E-state index in [1.165, 1.54) is 17.7 Å². The fraction of sp³-hybridized carbons (Fsp3) is 0.459. The number of aryl methyl sites for hydroxylation is 1. The van der Waals surface area contributed by atoms with Crippen LogP contribution in [0.5, 0.6) is 11.5 Å². The van der Waals surface area contributed by atoms with Crippen LogP contribution in [0.15, 0.2) is 144 Å². The van der Waals surface area contributed by atoms with Gasteiger partial charge in [0, 0.05) is 116 Å².